The van der Waals surface area contributed by atoms with Crippen LogP contribution in [0.5, 0.6) is 28.7 Å². The average Bonchev–Trinajstić information content (AvgIpc) is 1.59. The van der Waals surface area contributed by atoms with E-state index in [4.69, 9.17) is 63.1 Å². The average molecular weight is 2170 g/mol. The third kappa shape index (κ3) is 46.8. The minimum atomic E-state index is -0.552. The maximum Gasteiger partial charge on any atom is 1.00 e. The second-order valence-electron chi connectivity index (χ2n) is 19.2. The van der Waals surface area contributed by atoms with Gasteiger partial charge in [0.1, 0.15) is 40.4 Å². The van der Waals surface area contributed by atoms with Crippen molar-refractivity contribution in [2.45, 2.75) is 25.8 Å². The van der Waals surface area contributed by atoms with Gasteiger partial charge >= 0.3 is 120 Å². The third-order valence-electron chi connectivity index (χ3n) is 12.6. The van der Waals surface area contributed by atoms with E-state index in [-0.39, 0.29) is 173 Å². The van der Waals surface area contributed by atoms with Crippen LogP contribution >= 0.6 is 143 Å². The van der Waals surface area contributed by atoms with Crippen molar-refractivity contribution < 1.29 is 235 Å². The van der Waals surface area contributed by atoms with E-state index in [1.165, 1.54) is 64.0 Å². The quantitative estimate of drug-likeness (QED) is 0.0562. The fourth-order valence-corrected chi connectivity index (χ4v) is 10.7. The molecule has 0 amide bonds. The van der Waals surface area contributed by atoms with Crippen LogP contribution in [0.2, 0.25) is 0 Å². The first-order valence-electron chi connectivity index (χ1n) is 29.5. The summed E-state index contributed by atoms with van der Waals surface area (Å²) in [7, 11) is 9.31. The number of methoxy groups -OCH3 is 5. The Balaban J connectivity index is -0.000000219. The van der Waals surface area contributed by atoms with Crippen molar-refractivity contribution in [1.82, 2.24) is 0 Å². The van der Waals surface area contributed by atoms with Gasteiger partial charge in [-0.05, 0) is 124 Å². The Morgan fingerprint density at radius 1 is 0.369 bits per heavy atom. The first-order chi connectivity index (χ1) is 50.4. The summed E-state index contributed by atoms with van der Waals surface area (Å²) in [6.45, 7) is 2.10. The van der Waals surface area contributed by atoms with Crippen LogP contribution in [0.15, 0.2) is 204 Å². The van der Waals surface area contributed by atoms with Gasteiger partial charge in [-0.2, -0.15) is 26.4 Å². The van der Waals surface area contributed by atoms with Crippen LogP contribution in [-0.2, 0) is 41.8 Å². The number of hydrogen-bond donors (Lipinski definition) is 2. The molecule has 9 aromatic carbocycles. The van der Waals surface area contributed by atoms with Crippen LogP contribution in [-0.4, -0.2) is 129 Å². The molecule has 37 heteroatoms. The molecule has 11 rings (SSSR count). The number of halogens is 13. The summed E-state index contributed by atoms with van der Waals surface area (Å²) in [6, 6.07) is 44.8. The number of aliphatic hydroxyl groups excluding tert-OH is 2. The van der Waals surface area contributed by atoms with Crippen molar-refractivity contribution in [2.75, 3.05) is 76.2 Å². The fraction of sp³-hybridized carbons (Fsp3) is 0.203. The van der Waals surface area contributed by atoms with Crippen LogP contribution in [0.1, 0.15) is 78.5 Å². The third-order valence-corrected chi connectivity index (χ3v) is 17.0. The number of carbonyl (C=O) groups excluding carboxylic acids is 5. The number of hydrogen-bond acceptors (Lipinski definition) is 20. The fourth-order valence-electron chi connectivity index (χ4n) is 7.63. The standard InChI is InChI=1S/C10H11BrO3.C9H8BrFO2.C8H9BrO2.2C8H7BrO2.C8H6BrO2.C7H6BrFO.C7H4BrFO.C7H3BrFO.2CH3O.4Na.2H2O/c1-12-9-6-7(11)2-3-8(9)10-13-4-5-14-10;10-6-1-2-7(8(11)5-6)9-12-3-4-13-9;4*1-11-8-4-7(9)3-2-6(8)5-10;3*8-6-2-1-5(4-10)7(9)3-6;2*1-2;;;;;;/h2-3,6,10H,4-5H2,1H3;1-2,5,9H,3-4H2;2-4,10H,5H2,1H3;2*2-5H,1H3;2-4H,1H3;1-3,10H,4H2;1-4H;1-3H;2*1H3;;;;;2*1H2/q;;;;;-1;;;3*-1;4*+1;;/p-1. The molecular weight excluding hydrogens is 2100 g/mol. The molecule has 0 unspecified atom stereocenters. The van der Waals surface area contributed by atoms with E-state index in [1.54, 1.807) is 112 Å². The van der Waals surface area contributed by atoms with Gasteiger partial charge in [-0.1, -0.05) is 168 Å². The molecule has 0 radical (unpaired) electrons. The minimum absolute atomic E-state index is 0. The molecule has 2 fully saturated rings. The predicted octanol–water partition coefficient (Wildman–Crippen LogP) is 5.80. The number of aldehydes is 3. The summed E-state index contributed by atoms with van der Waals surface area (Å²) < 4.78 is 105. The summed E-state index contributed by atoms with van der Waals surface area (Å²) in [5.41, 5.74) is 4.14. The van der Waals surface area contributed by atoms with E-state index in [2.05, 4.69) is 143 Å². The van der Waals surface area contributed by atoms with Crippen LogP contribution in [0.25, 0.3) is 0 Å². The molecule has 582 valence electrons. The molecule has 2 aliphatic rings. The number of aliphatic hydroxyl groups is 2. The van der Waals surface area contributed by atoms with Crippen molar-refractivity contribution in [3.63, 3.8) is 0 Å². The van der Waals surface area contributed by atoms with Crippen LogP contribution in [0, 0.1) is 23.3 Å². The molecule has 0 spiro atoms. The number of ether oxygens (including phenoxy) is 9. The molecule has 0 atom stereocenters. The zero-order valence-corrected chi connectivity index (χ0v) is 83.7. The summed E-state index contributed by atoms with van der Waals surface area (Å²) >= 11 is 28.9. The summed E-state index contributed by atoms with van der Waals surface area (Å²) in [5.74, 6) is 1.48. The topological polar surface area (TPSA) is 315 Å². The first kappa shape index (κ1) is 120. The van der Waals surface area contributed by atoms with E-state index >= 15 is 0 Å². The molecule has 0 saturated carbocycles. The molecule has 0 aliphatic carbocycles. The Kier molecular flexibility index (Phi) is 76.6. The molecule has 4 N–H and O–H groups in total. The van der Waals surface area contributed by atoms with Crippen molar-refractivity contribution in [1.29, 1.82) is 0 Å². The van der Waals surface area contributed by atoms with Gasteiger partial charge in [-0.3, -0.25) is 18.8 Å². The number of benzene rings is 9. The Morgan fingerprint density at radius 2 is 0.649 bits per heavy atom. The van der Waals surface area contributed by atoms with Gasteiger partial charge in [0.2, 0.25) is 0 Å². The van der Waals surface area contributed by atoms with Crippen molar-refractivity contribution >= 4 is 175 Å². The Hall–Kier alpha value is -2.03. The number of carbonyl (C=O) groups is 3. The Bertz CT molecular complexity index is 3940. The van der Waals surface area contributed by atoms with Gasteiger partial charge in [-0.15, -0.1) is 23.3 Å². The smallest absolute Gasteiger partial charge is 0.870 e. The second kappa shape index (κ2) is 70.9. The first-order valence-corrected chi connectivity index (χ1v) is 36.6. The zero-order valence-electron chi connectivity index (χ0n) is 62.5. The summed E-state index contributed by atoms with van der Waals surface area (Å²) in [4.78, 5) is 51.1. The van der Waals surface area contributed by atoms with Gasteiger partial charge < -0.3 is 83.6 Å². The maximum atomic E-state index is 13.3. The molecule has 2 aliphatic heterocycles. The van der Waals surface area contributed by atoms with Gasteiger partial charge in [0, 0.05) is 65.1 Å². The normalized spacial score (nSPS) is 10.7. The van der Waals surface area contributed by atoms with E-state index < -0.39 is 17.9 Å². The Morgan fingerprint density at radius 3 is 0.991 bits per heavy atom. The molecule has 9 aromatic rings. The van der Waals surface area contributed by atoms with Gasteiger partial charge in [0.05, 0.1) is 104 Å². The van der Waals surface area contributed by atoms with Gasteiger partial charge in [0.25, 0.3) is 0 Å². The van der Waals surface area contributed by atoms with E-state index in [0.717, 1.165) is 66.0 Å². The van der Waals surface area contributed by atoms with Crippen LogP contribution in [0.3, 0.4) is 0 Å². The molecule has 20 nitrogen and oxygen atoms in total. The minimum Gasteiger partial charge on any atom is -0.870 e. The largest absolute Gasteiger partial charge is 1.00 e. The van der Waals surface area contributed by atoms with E-state index in [1.807, 2.05) is 36.4 Å². The monoisotopic (exact) mass is 2160 g/mol. The molecule has 2 saturated heterocycles. The van der Waals surface area contributed by atoms with Gasteiger partial charge in [-0.25, -0.2) is 13.2 Å². The van der Waals surface area contributed by atoms with E-state index in [0.29, 0.717) is 101 Å². The maximum absolute atomic E-state index is 13.3. The number of rotatable bonds is 14. The van der Waals surface area contributed by atoms with Crippen LogP contribution < -0.4 is 152 Å². The summed E-state index contributed by atoms with van der Waals surface area (Å²) in [5, 5.41) is 33.9. The SMILES string of the molecule is COc1cc(Br)ccc1C1OCCO1.COc1cc(Br)ccc1C=O.COc1cc(Br)ccc1C=O.COc1cc(Br)ccc1CO.COc1cc(Br)ccc1[C-]=O.C[O-].C[O-].Fc1cc(Br)ccc1C1OCCO1.O=Cc1ccc(Br)cc1F.O=[C-]c1ccc(Br)cc1F.OCc1ccc(Br)cc1F.[H+].[Na+].[Na+].[Na+].[Na+].[OH-].[OH-]. The molecular formula is C74H70Br9F4Na4O20-. The molecule has 2 heterocycles. The molecule has 0 aromatic heterocycles. The van der Waals surface area contributed by atoms with Crippen molar-refractivity contribution in [3.8, 4) is 28.7 Å². The molecule has 0 bridgehead atoms. The zero-order chi connectivity index (χ0) is 79.0. The summed E-state index contributed by atoms with van der Waals surface area (Å²) in [6.07, 6.45) is 4.47. The van der Waals surface area contributed by atoms with Gasteiger partial charge in [0.15, 0.2) is 31.4 Å². The molecule has 111 heavy (non-hydrogen) atoms. The Labute approximate surface area is 807 Å². The second-order valence-corrected chi connectivity index (χ2v) is 27.4. The van der Waals surface area contributed by atoms with Crippen LogP contribution in [0.4, 0.5) is 17.6 Å². The van der Waals surface area contributed by atoms with Crippen molar-refractivity contribution in [2.24, 2.45) is 0 Å². The van der Waals surface area contributed by atoms with Crippen molar-refractivity contribution in [3.05, 3.63) is 277 Å². The predicted molar refractivity (Wildman–Crippen MR) is 424 cm³/mol. The van der Waals surface area contributed by atoms with E-state index in [9.17, 15) is 41.5 Å².